The molecule has 1 N–H and O–H groups in total. The minimum absolute atomic E-state index is 0.621. The van der Waals surface area contributed by atoms with Gasteiger partial charge in [0.25, 0.3) is 0 Å². The molecule has 4 rings (SSSR count). The molecule has 0 aliphatic rings. The molecule has 2 heteroatoms. The van der Waals surface area contributed by atoms with Gasteiger partial charge in [-0.3, -0.25) is 4.99 Å². The zero-order valence-electron chi connectivity index (χ0n) is 18.4. The van der Waals surface area contributed by atoms with Crippen LogP contribution in [0.1, 0.15) is 16.7 Å². The van der Waals surface area contributed by atoms with Gasteiger partial charge in [0.2, 0.25) is 0 Å². The largest absolute Gasteiger partial charge is 0.301 e. The first-order valence-electron chi connectivity index (χ1n) is 10.7. The predicted octanol–water partition coefficient (Wildman–Crippen LogP) is 6.90. The zero-order valence-corrected chi connectivity index (χ0v) is 18.4. The van der Waals surface area contributed by atoms with E-state index in [0.717, 1.165) is 5.56 Å². The number of hydrogen-bond acceptors (Lipinski definition) is 2. The maximum atomic E-state index is 4.45. The number of nitrogens with zero attached hydrogens (tertiary/aromatic N) is 1. The minimum atomic E-state index is 0.621. The van der Waals surface area contributed by atoms with E-state index >= 15 is 0 Å². The summed E-state index contributed by atoms with van der Waals surface area (Å²) in [4.78, 5) is 4.45. The molecule has 0 fully saturated rings. The summed E-state index contributed by atoms with van der Waals surface area (Å²) in [5, 5.41) is 3.06. The van der Waals surface area contributed by atoms with Crippen molar-refractivity contribution in [2.45, 2.75) is 13.8 Å². The van der Waals surface area contributed by atoms with E-state index in [1.165, 1.54) is 44.5 Å². The Balaban J connectivity index is 1.75. The summed E-state index contributed by atoms with van der Waals surface area (Å²) in [6, 6.07) is 32.5. The van der Waals surface area contributed by atoms with Gasteiger partial charge < -0.3 is 5.32 Å². The summed E-state index contributed by atoms with van der Waals surface area (Å²) >= 11 is 0. The summed E-state index contributed by atoms with van der Waals surface area (Å²) in [7, 11) is 1.91. The molecule has 4 aromatic carbocycles. The minimum Gasteiger partial charge on any atom is -0.301 e. The third-order valence-electron chi connectivity index (χ3n) is 5.69. The van der Waals surface area contributed by atoms with E-state index in [1.807, 2.05) is 13.3 Å². The van der Waals surface area contributed by atoms with Crippen LogP contribution in [0.2, 0.25) is 0 Å². The molecule has 0 aromatic heterocycles. The van der Waals surface area contributed by atoms with Crippen LogP contribution in [-0.2, 0) is 0 Å². The summed E-state index contributed by atoms with van der Waals surface area (Å²) in [5.74, 6) is 0. The summed E-state index contributed by atoms with van der Waals surface area (Å²) in [6.45, 7) is 4.98. The molecule has 4 aromatic rings. The van der Waals surface area contributed by atoms with Gasteiger partial charge in [-0.1, -0.05) is 78.9 Å². The number of aliphatic imine (C=N–C) groups is 1. The first-order valence-corrected chi connectivity index (χ1v) is 10.7. The van der Waals surface area contributed by atoms with Gasteiger partial charge >= 0.3 is 0 Å². The van der Waals surface area contributed by atoms with Gasteiger partial charge in [0.05, 0.1) is 6.67 Å². The average molecular weight is 405 g/mol. The average Bonchev–Trinajstić information content (AvgIpc) is 2.81. The highest BCUT2D eigenvalue weighted by atomic mass is 15.0. The molecule has 0 aliphatic carbocycles. The van der Waals surface area contributed by atoms with Crippen molar-refractivity contribution in [3.8, 4) is 33.4 Å². The fraction of sp³-hybridized carbons (Fsp3) is 0.138. The zero-order chi connectivity index (χ0) is 21.6. The monoisotopic (exact) mass is 404 g/mol. The molecule has 31 heavy (non-hydrogen) atoms. The van der Waals surface area contributed by atoms with Crippen LogP contribution >= 0.6 is 0 Å². The van der Waals surface area contributed by atoms with Gasteiger partial charge in [0.1, 0.15) is 0 Å². The molecule has 0 amide bonds. The molecule has 0 aliphatic heterocycles. The molecule has 0 saturated heterocycles. The van der Waals surface area contributed by atoms with Crippen molar-refractivity contribution in [1.82, 2.24) is 5.32 Å². The van der Waals surface area contributed by atoms with Crippen molar-refractivity contribution in [3.63, 3.8) is 0 Å². The molecular weight excluding hydrogens is 376 g/mol. The molecule has 0 atom stereocenters. The maximum Gasteiger partial charge on any atom is 0.0882 e. The van der Waals surface area contributed by atoms with Crippen LogP contribution < -0.4 is 5.32 Å². The van der Waals surface area contributed by atoms with Crippen molar-refractivity contribution < 1.29 is 0 Å². The molecular formula is C29H28N2. The fourth-order valence-corrected chi connectivity index (χ4v) is 3.92. The van der Waals surface area contributed by atoms with Crippen molar-refractivity contribution in [2.75, 3.05) is 13.7 Å². The lowest BCUT2D eigenvalue weighted by Gasteiger charge is -2.14. The second kappa shape index (κ2) is 9.55. The van der Waals surface area contributed by atoms with Crippen LogP contribution in [0.5, 0.6) is 0 Å². The van der Waals surface area contributed by atoms with Crippen LogP contribution in [0.4, 0.5) is 0 Å². The van der Waals surface area contributed by atoms with E-state index in [-0.39, 0.29) is 0 Å². The van der Waals surface area contributed by atoms with Gasteiger partial charge in [0, 0.05) is 6.21 Å². The van der Waals surface area contributed by atoms with Crippen molar-refractivity contribution in [3.05, 3.63) is 108 Å². The lowest BCUT2D eigenvalue weighted by atomic mass is 9.90. The highest BCUT2D eigenvalue weighted by Crippen LogP contribution is 2.33. The van der Waals surface area contributed by atoms with Gasteiger partial charge in [-0.2, -0.15) is 0 Å². The normalized spacial score (nSPS) is 11.2. The van der Waals surface area contributed by atoms with Crippen molar-refractivity contribution in [1.29, 1.82) is 0 Å². The van der Waals surface area contributed by atoms with E-state index < -0.39 is 0 Å². The van der Waals surface area contributed by atoms with Gasteiger partial charge in [-0.15, -0.1) is 0 Å². The Morgan fingerprint density at radius 3 is 2.13 bits per heavy atom. The summed E-state index contributed by atoms with van der Waals surface area (Å²) < 4.78 is 0. The SMILES string of the molecule is CNC/N=C\c1cccc(-c2cc(-c3cccc(-c4ccccc4)c3)ccc2C)c1C. The molecule has 154 valence electrons. The molecule has 2 nitrogen and oxygen atoms in total. The van der Waals surface area contributed by atoms with Crippen LogP contribution in [-0.4, -0.2) is 19.9 Å². The van der Waals surface area contributed by atoms with Gasteiger partial charge in [-0.05, 0) is 83.1 Å². The maximum absolute atomic E-state index is 4.45. The molecule has 0 heterocycles. The van der Waals surface area contributed by atoms with Crippen LogP contribution in [0.25, 0.3) is 33.4 Å². The Morgan fingerprint density at radius 1 is 0.677 bits per heavy atom. The van der Waals surface area contributed by atoms with Gasteiger partial charge in [-0.25, -0.2) is 0 Å². The number of aryl methyl sites for hydroxylation is 1. The first-order chi connectivity index (χ1) is 15.2. The van der Waals surface area contributed by atoms with E-state index in [2.05, 4.69) is 115 Å². The number of hydrogen-bond donors (Lipinski definition) is 1. The highest BCUT2D eigenvalue weighted by molar-refractivity contribution is 5.87. The van der Waals surface area contributed by atoms with Crippen LogP contribution in [0.3, 0.4) is 0 Å². The fourth-order valence-electron chi connectivity index (χ4n) is 3.92. The second-order valence-corrected chi connectivity index (χ2v) is 7.82. The highest BCUT2D eigenvalue weighted by Gasteiger charge is 2.10. The second-order valence-electron chi connectivity index (χ2n) is 7.82. The lowest BCUT2D eigenvalue weighted by molar-refractivity contribution is 0.838. The molecule has 0 spiro atoms. The summed E-state index contributed by atoms with van der Waals surface area (Å²) in [6.07, 6.45) is 1.96. The molecule has 0 bridgehead atoms. The topological polar surface area (TPSA) is 24.4 Å². The Bertz CT molecular complexity index is 1210. The molecule has 0 unspecified atom stereocenters. The smallest absolute Gasteiger partial charge is 0.0882 e. The molecule has 0 radical (unpaired) electrons. The lowest BCUT2D eigenvalue weighted by Crippen LogP contribution is -2.05. The van der Waals surface area contributed by atoms with E-state index in [1.54, 1.807) is 0 Å². The number of nitrogens with one attached hydrogen (secondary N) is 1. The number of rotatable bonds is 6. The number of benzene rings is 4. The third kappa shape index (κ3) is 4.65. The van der Waals surface area contributed by atoms with Gasteiger partial charge in [0.15, 0.2) is 0 Å². The molecule has 0 saturated carbocycles. The van der Waals surface area contributed by atoms with Crippen LogP contribution in [0.15, 0.2) is 96.0 Å². The standard InChI is InChI=1S/C29H28N2/c1-21-15-16-26(25-12-7-11-24(17-25)23-9-5-4-6-10-23)18-29(21)28-14-8-13-27(22(28)2)19-31-20-30-3/h4-19,30H,20H2,1-3H3/b31-19-. The van der Waals surface area contributed by atoms with Crippen molar-refractivity contribution >= 4 is 6.21 Å². The van der Waals surface area contributed by atoms with E-state index in [9.17, 15) is 0 Å². The Hall–Kier alpha value is -3.49. The summed E-state index contributed by atoms with van der Waals surface area (Å²) in [5.41, 5.74) is 11.1. The first kappa shape index (κ1) is 20.8. The van der Waals surface area contributed by atoms with E-state index in [0.29, 0.717) is 6.67 Å². The van der Waals surface area contributed by atoms with E-state index in [4.69, 9.17) is 0 Å². The Kier molecular flexibility index (Phi) is 6.40. The van der Waals surface area contributed by atoms with Crippen molar-refractivity contribution in [2.24, 2.45) is 4.99 Å². The Morgan fingerprint density at radius 2 is 1.35 bits per heavy atom. The Labute approximate surface area is 185 Å². The predicted molar refractivity (Wildman–Crippen MR) is 134 cm³/mol. The van der Waals surface area contributed by atoms with Crippen LogP contribution in [0, 0.1) is 13.8 Å². The quantitative estimate of drug-likeness (QED) is 0.347. The third-order valence-corrected chi connectivity index (χ3v) is 5.69.